The zero-order chi connectivity index (χ0) is 43.0. The van der Waals surface area contributed by atoms with Crippen LogP contribution in [-0.2, 0) is 17.6 Å². The van der Waals surface area contributed by atoms with Gasteiger partial charge >= 0.3 is 0 Å². The SMILES string of the molecule is CCc1nc(Nc2nccc(-c3ccc(C4CN(c5nc(CC)nc(Nc6ncc(-c7ccccc7)c(SCC(=O)NC)n6)n5)CCN4C)cc3)n2)nc(N2CCN(C)CC2)n1. The Morgan fingerprint density at radius 1 is 0.677 bits per heavy atom. The summed E-state index contributed by atoms with van der Waals surface area (Å²) in [4.78, 5) is 68.5. The van der Waals surface area contributed by atoms with Crippen LogP contribution in [0.1, 0.15) is 37.1 Å². The highest BCUT2D eigenvalue weighted by Crippen LogP contribution is 2.32. The van der Waals surface area contributed by atoms with Gasteiger partial charge in [-0.05, 0) is 31.3 Å². The molecule has 2 aromatic carbocycles. The van der Waals surface area contributed by atoms with Crippen molar-refractivity contribution in [3.05, 3.63) is 90.3 Å². The Morgan fingerprint density at radius 2 is 1.32 bits per heavy atom. The first kappa shape index (κ1) is 42.3. The molecule has 18 nitrogen and oxygen atoms in total. The number of carbonyl (C=O) groups excluding carboxylic acids is 1. The van der Waals surface area contributed by atoms with Crippen LogP contribution in [0, 0.1) is 0 Å². The maximum Gasteiger partial charge on any atom is 0.234 e. The number of amides is 1. The van der Waals surface area contributed by atoms with Gasteiger partial charge in [0.2, 0.25) is 41.6 Å². The van der Waals surface area contributed by atoms with Crippen LogP contribution in [0.2, 0.25) is 0 Å². The van der Waals surface area contributed by atoms with E-state index in [1.807, 2.05) is 50.2 Å². The van der Waals surface area contributed by atoms with E-state index in [2.05, 4.69) is 93.8 Å². The third kappa shape index (κ3) is 10.2. The van der Waals surface area contributed by atoms with Crippen molar-refractivity contribution in [2.24, 2.45) is 0 Å². The molecule has 8 rings (SSSR count). The summed E-state index contributed by atoms with van der Waals surface area (Å²) in [5.41, 5.74) is 4.71. The molecule has 62 heavy (non-hydrogen) atoms. The van der Waals surface area contributed by atoms with Crippen LogP contribution in [0.15, 0.2) is 78.1 Å². The molecule has 1 atom stereocenters. The third-order valence-corrected chi connectivity index (χ3v) is 11.8. The Morgan fingerprint density at radius 3 is 1.98 bits per heavy atom. The number of aromatic nitrogens is 10. The number of aryl methyl sites for hydroxylation is 2. The Labute approximate surface area is 365 Å². The molecule has 320 valence electrons. The van der Waals surface area contributed by atoms with Crippen molar-refractivity contribution in [3.8, 4) is 22.4 Å². The van der Waals surface area contributed by atoms with Gasteiger partial charge in [0.15, 0.2) is 0 Å². The first-order valence-corrected chi connectivity index (χ1v) is 21.9. The van der Waals surface area contributed by atoms with Gasteiger partial charge in [-0.2, -0.15) is 29.9 Å². The van der Waals surface area contributed by atoms with Gasteiger partial charge in [-0.25, -0.2) is 19.9 Å². The summed E-state index contributed by atoms with van der Waals surface area (Å²) in [6.07, 6.45) is 4.82. The first-order valence-electron chi connectivity index (χ1n) is 20.9. The van der Waals surface area contributed by atoms with Gasteiger partial charge in [0.25, 0.3) is 0 Å². The fourth-order valence-electron chi connectivity index (χ4n) is 7.16. The molecule has 2 aliphatic heterocycles. The molecule has 0 radical (unpaired) electrons. The average molecular weight is 854 g/mol. The summed E-state index contributed by atoms with van der Waals surface area (Å²) in [6.45, 7) is 9.93. The Balaban J connectivity index is 0.970. The predicted octanol–water partition coefficient (Wildman–Crippen LogP) is 4.67. The first-order chi connectivity index (χ1) is 30.2. The summed E-state index contributed by atoms with van der Waals surface area (Å²) >= 11 is 1.35. The van der Waals surface area contributed by atoms with Gasteiger partial charge in [0.1, 0.15) is 16.7 Å². The molecule has 0 saturated carbocycles. The van der Waals surface area contributed by atoms with E-state index in [-0.39, 0.29) is 17.7 Å². The number of likely N-dealkylation sites (N-methyl/N-ethyl adjacent to an activating group) is 2. The average Bonchev–Trinajstić information content (AvgIpc) is 3.31. The molecule has 0 aliphatic carbocycles. The van der Waals surface area contributed by atoms with Crippen LogP contribution in [0.25, 0.3) is 22.4 Å². The van der Waals surface area contributed by atoms with Crippen molar-refractivity contribution < 1.29 is 4.79 Å². The molecule has 19 heteroatoms. The zero-order valence-corrected chi connectivity index (χ0v) is 36.5. The maximum absolute atomic E-state index is 12.2. The number of nitrogens with zero attached hydrogens (tertiary/aromatic N) is 14. The quantitative estimate of drug-likeness (QED) is 0.101. The number of hydrogen-bond acceptors (Lipinski definition) is 18. The number of carbonyl (C=O) groups is 1. The standard InChI is InChI=1S/C43H51N17OS/c1-6-34-48-40(55-42(50-34)59-22-19-57(4)20-23-59)53-38-45-18-17-32(47-38)29-13-15-30(16-14-29)33-26-60(24-21-58(33)5)43-51-35(7-2)49-41(56-43)54-39-46-25-31(28-11-9-8-10-12-28)37(52-39)62-27-36(61)44-3/h8-18,25,33H,6-7,19-24,26-27H2,1-5H3,(H,44,61)(H,45,47,48,50,53,55)(H,46,49,51,52,54,56). The van der Waals surface area contributed by atoms with E-state index in [1.54, 1.807) is 19.4 Å². The number of rotatable bonds is 14. The van der Waals surface area contributed by atoms with Crippen LogP contribution < -0.4 is 25.8 Å². The van der Waals surface area contributed by atoms with Crippen molar-refractivity contribution in [1.29, 1.82) is 0 Å². The largest absolute Gasteiger partial charge is 0.358 e. The molecule has 3 N–H and O–H groups in total. The molecule has 0 spiro atoms. The summed E-state index contributed by atoms with van der Waals surface area (Å²) in [6, 6.07) is 20.4. The topological polar surface area (TPSA) is 195 Å². The molecule has 2 aliphatic rings. The second kappa shape index (κ2) is 19.5. The molecule has 6 aromatic rings. The van der Waals surface area contributed by atoms with Crippen molar-refractivity contribution in [2.75, 3.05) is 93.1 Å². The minimum atomic E-state index is -0.0931. The van der Waals surface area contributed by atoms with Crippen LogP contribution in [0.3, 0.4) is 0 Å². The molecular formula is C43H51N17OS. The van der Waals surface area contributed by atoms with E-state index >= 15 is 0 Å². The van der Waals surface area contributed by atoms with Crippen LogP contribution >= 0.6 is 11.8 Å². The predicted molar refractivity (Wildman–Crippen MR) is 242 cm³/mol. The zero-order valence-electron chi connectivity index (χ0n) is 35.7. The molecule has 4 aromatic heterocycles. The monoisotopic (exact) mass is 853 g/mol. The molecule has 1 amide bonds. The number of hydrogen-bond donors (Lipinski definition) is 3. The summed E-state index contributed by atoms with van der Waals surface area (Å²) in [7, 11) is 5.90. The van der Waals surface area contributed by atoms with Gasteiger partial charge in [-0.1, -0.05) is 80.2 Å². The van der Waals surface area contributed by atoms with Gasteiger partial charge in [-0.3, -0.25) is 20.3 Å². The van der Waals surface area contributed by atoms with Gasteiger partial charge in [0.05, 0.1) is 17.5 Å². The molecule has 1 unspecified atom stereocenters. The van der Waals surface area contributed by atoms with Crippen molar-refractivity contribution >= 4 is 53.4 Å². The van der Waals surface area contributed by atoms with E-state index in [0.717, 1.165) is 67.5 Å². The fourth-order valence-corrected chi connectivity index (χ4v) is 8.05. The smallest absolute Gasteiger partial charge is 0.234 e. The highest BCUT2D eigenvalue weighted by atomic mass is 32.2. The Hall–Kier alpha value is -6.44. The van der Waals surface area contributed by atoms with Crippen LogP contribution in [0.4, 0.5) is 35.7 Å². The number of benzene rings is 2. The minimum Gasteiger partial charge on any atom is -0.358 e. The van der Waals surface area contributed by atoms with Gasteiger partial charge in [-0.15, -0.1) is 0 Å². The summed E-state index contributed by atoms with van der Waals surface area (Å²) in [5, 5.41) is 9.82. The van der Waals surface area contributed by atoms with Crippen LogP contribution in [0.5, 0.6) is 0 Å². The highest BCUT2D eigenvalue weighted by molar-refractivity contribution is 8.00. The van der Waals surface area contributed by atoms with Crippen LogP contribution in [-0.4, -0.2) is 138 Å². The van der Waals surface area contributed by atoms with E-state index in [1.165, 1.54) is 17.3 Å². The lowest BCUT2D eigenvalue weighted by Gasteiger charge is -2.39. The lowest BCUT2D eigenvalue weighted by molar-refractivity contribution is -0.118. The van der Waals surface area contributed by atoms with E-state index in [4.69, 9.17) is 29.9 Å². The van der Waals surface area contributed by atoms with E-state index in [0.29, 0.717) is 65.9 Å². The molecule has 0 bridgehead atoms. The number of piperazine rings is 2. The highest BCUT2D eigenvalue weighted by Gasteiger charge is 2.28. The van der Waals surface area contributed by atoms with Crippen molar-refractivity contribution in [1.82, 2.24) is 65.0 Å². The lowest BCUT2D eigenvalue weighted by atomic mass is 10.0. The lowest BCUT2D eigenvalue weighted by Crippen LogP contribution is -2.47. The summed E-state index contributed by atoms with van der Waals surface area (Å²) < 4.78 is 0. The molecular weight excluding hydrogens is 803 g/mol. The van der Waals surface area contributed by atoms with E-state index in [9.17, 15) is 4.79 Å². The van der Waals surface area contributed by atoms with Crippen molar-refractivity contribution in [2.45, 2.75) is 37.8 Å². The normalized spacial score (nSPS) is 16.0. The van der Waals surface area contributed by atoms with Gasteiger partial charge < -0.3 is 20.0 Å². The number of thioether (sulfide) groups is 1. The van der Waals surface area contributed by atoms with E-state index < -0.39 is 0 Å². The minimum absolute atomic E-state index is 0.0820. The molecule has 2 fully saturated rings. The second-order valence-electron chi connectivity index (χ2n) is 15.1. The van der Waals surface area contributed by atoms with Gasteiger partial charge in [0, 0.05) is 89.2 Å². The second-order valence-corrected chi connectivity index (χ2v) is 16.0. The summed E-state index contributed by atoms with van der Waals surface area (Å²) in [5.74, 6) is 4.30. The maximum atomic E-state index is 12.2. The Bertz CT molecular complexity index is 2470. The molecule has 6 heterocycles. The third-order valence-electron chi connectivity index (χ3n) is 10.8. The number of anilines is 6. The Kier molecular flexibility index (Phi) is 13.3. The van der Waals surface area contributed by atoms with Crippen molar-refractivity contribution in [3.63, 3.8) is 0 Å². The number of nitrogens with one attached hydrogen (secondary N) is 3. The fraction of sp³-hybridized carbons (Fsp3) is 0.372. The molecule has 2 saturated heterocycles.